The van der Waals surface area contributed by atoms with Crippen LogP contribution in [0.4, 0.5) is 13.2 Å². The van der Waals surface area contributed by atoms with Gasteiger partial charge in [0.05, 0.1) is 17.4 Å². The van der Waals surface area contributed by atoms with Crippen LogP contribution in [-0.2, 0) is 6.18 Å². The fraction of sp³-hybridized carbons (Fsp3) is 0.211. The number of benzene rings is 1. The lowest BCUT2D eigenvalue weighted by Crippen LogP contribution is -2.09. The standard InChI is InChI=1S/C19H17F3N4O/c1-13(2)27-17-10-14(9-15(11-17)19(20,21)22)18-24-12-26(25-18)8-6-16-5-3-4-7-23-16/h3-13H,1-2H3. The van der Waals surface area contributed by atoms with Crippen molar-refractivity contribution in [2.45, 2.75) is 26.1 Å². The van der Waals surface area contributed by atoms with Crippen molar-refractivity contribution in [3.05, 3.63) is 60.2 Å². The monoisotopic (exact) mass is 374 g/mol. The first-order valence-corrected chi connectivity index (χ1v) is 8.21. The van der Waals surface area contributed by atoms with Crippen molar-refractivity contribution in [2.24, 2.45) is 0 Å². The molecule has 1 aromatic carbocycles. The summed E-state index contributed by atoms with van der Waals surface area (Å²) >= 11 is 0. The maximum absolute atomic E-state index is 13.2. The molecular formula is C19H17F3N4O. The zero-order valence-electron chi connectivity index (χ0n) is 14.7. The summed E-state index contributed by atoms with van der Waals surface area (Å²) in [6.07, 6.45) is 1.67. The summed E-state index contributed by atoms with van der Waals surface area (Å²) in [6.45, 7) is 3.49. The Kier molecular flexibility index (Phi) is 5.25. The normalized spacial score (nSPS) is 12.1. The quantitative estimate of drug-likeness (QED) is 0.645. The number of rotatable bonds is 5. The summed E-state index contributed by atoms with van der Waals surface area (Å²) in [5.74, 6) is 0.288. The topological polar surface area (TPSA) is 52.8 Å². The largest absolute Gasteiger partial charge is 0.491 e. The van der Waals surface area contributed by atoms with Crippen molar-refractivity contribution in [2.75, 3.05) is 0 Å². The van der Waals surface area contributed by atoms with E-state index in [9.17, 15) is 13.2 Å². The third kappa shape index (κ3) is 4.93. The van der Waals surface area contributed by atoms with Crippen molar-refractivity contribution >= 4 is 12.3 Å². The molecule has 0 radical (unpaired) electrons. The molecule has 0 N–H and O–H groups in total. The molecule has 0 atom stereocenters. The molecule has 0 aliphatic carbocycles. The van der Waals surface area contributed by atoms with Gasteiger partial charge in [-0.25, -0.2) is 9.67 Å². The molecule has 2 heterocycles. The van der Waals surface area contributed by atoms with Gasteiger partial charge in [-0.1, -0.05) is 6.07 Å². The summed E-state index contributed by atoms with van der Waals surface area (Å²) < 4.78 is 46.4. The van der Waals surface area contributed by atoms with Gasteiger partial charge in [0, 0.05) is 18.0 Å². The smallest absolute Gasteiger partial charge is 0.416 e. The van der Waals surface area contributed by atoms with Crippen LogP contribution in [0.2, 0.25) is 0 Å². The summed E-state index contributed by atoms with van der Waals surface area (Å²) in [5.41, 5.74) is 0.141. The van der Waals surface area contributed by atoms with Crippen molar-refractivity contribution in [1.29, 1.82) is 0 Å². The fourth-order valence-corrected chi connectivity index (χ4v) is 2.34. The second-order valence-corrected chi connectivity index (χ2v) is 6.03. The maximum atomic E-state index is 13.2. The van der Waals surface area contributed by atoms with Gasteiger partial charge in [-0.05, 0) is 50.3 Å². The lowest BCUT2D eigenvalue weighted by Gasteiger charge is -2.14. The summed E-state index contributed by atoms with van der Waals surface area (Å²) in [5, 5.41) is 4.21. The molecule has 0 bridgehead atoms. The van der Waals surface area contributed by atoms with E-state index in [1.165, 1.54) is 17.1 Å². The molecule has 0 unspecified atom stereocenters. The van der Waals surface area contributed by atoms with Crippen LogP contribution in [0.1, 0.15) is 25.1 Å². The molecule has 0 fully saturated rings. The highest BCUT2D eigenvalue weighted by Crippen LogP contribution is 2.35. The van der Waals surface area contributed by atoms with Crippen LogP contribution in [0.3, 0.4) is 0 Å². The zero-order valence-corrected chi connectivity index (χ0v) is 14.7. The van der Waals surface area contributed by atoms with Crippen molar-refractivity contribution in [3.63, 3.8) is 0 Å². The lowest BCUT2D eigenvalue weighted by atomic mass is 10.1. The zero-order chi connectivity index (χ0) is 19.4. The first kappa shape index (κ1) is 18.6. The Labute approximate surface area is 154 Å². The minimum absolute atomic E-state index is 0.121. The van der Waals surface area contributed by atoms with Gasteiger partial charge in [0.15, 0.2) is 5.82 Å². The van der Waals surface area contributed by atoms with Crippen LogP contribution >= 0.6 is 0 Å². The van der Waals surface area contributed by atoms with Crippen LogP contribution in [0.25, 0.3) is 23.7 Å². The molecule has 0 aliphatic rings. The van der Waals surface area contributed by atoms with Gasteiger partial charge >= 0.3 is 6.18 Å². The Balaban J connectivity index is 1.91. The number of hydrogen-bond acceptors (Lipinski definition) is 4. The minimum Gasteiger partial charge on any atom is -0.491 e. The van der Waals surface area contributed by atoms with Gasteiger partial charge in [-0.3, -0.25) is 4.98 Å². The van der Waals surface area contributed by atoms with Gasteiger partial charge in [-0.2, -0.15) is 13.2 Å². The molecule has 140 valence electrons. The SMILES string of the molecule is CC(C)Oc1cc(-c2ncn(C=Cc3ccccn3)n2)cc(C(F)(F)F)c1. The van der Waals surface area contributed by atoms with Crippen molar-refractivity contribution < 1.29 is 17.9 Å². The summed E-state index contributed by atoms with van der Waals surface area (Å²) in [4.78, 5) is 8.25. The van der Waals surface area contributed by atoms with Gasteiger partial charge in [0.2, 0.25) is 0 Å². The number of aromatic nitrogens is 4. The number of nitrogens with zero attached hydrogens (tertiary/aromatic N) is 4. The Hall–Kier alpha value is -3.16. The van der Waals surface area contributed by atoms with Crippen LogP contribution < -0.4 is 4.74 Å². The molecule has 27 heavy (non-hydrogen) atoms. The van der Waals surface area contributed by atoms with Gasteiger partial charge < -0.3 is 4.74 Å². The average Bonchev–Trinajstić information content (AvgIpc) is 3.08. The second-order valence-electron chi connectivity index (χ2n) is 6.03. The molecule has 0 saturated heterocycles. The summed E-state index contributed by atoms with van der Waals surface area (Å²) in [7, 11) is 0. The number of hydrogen-bond donors (Lipinski definition) is 0. The molecule has 8 heteroatoms. The molecule has 0 amide bonds. The van der Waals surface area contributed by atoms with Gasteiger partial charge in [-0.15, -0.1) is 5.10 Å². The molecule has 5 nitrogen and oxygen atoms in total. The third-order valence-electron chi connectivity index (χ3n) is 3.46. The molecule has 2 aromatic heterocycles. The predicted molar refractivity (Wildman–Crippen MR) is 95.7 cm³/mol. The Bertz CT molecular complexity index is 934. The first-order chi connectivity index (χ1) is 12.8. The van der Waals surface area contributed by atoms with E-state index in [2.05, 4.69) is 15.1 Å². The van der Waals surface area contributed by atoms with E-state index in [1.807, 2.05) is 12.1 Å². The molecule has 0 saturated carbocycles. The predicted octanol–water partition coefficient (Wildman–Crippen LogP) is 4.77. The first-order valence-electron chi connectivity index (χ1n) is 8.21. The number of pyridine rings is 1. The molecule has 3 rings (SSSR count). The van der Waals surface area contributed by atoms with Crippen molar-refractivity contribution in [3.8, 4) is 17.1 Å². The molecular weight excluding hydrogens is 357 g/mol. The van der Waals surface area contributed by atoms with E-state index in [4.69, 9.17) is 4.74 Å². The highest BCUT2D eigenvalue weighted by molar-refractivity contribution is 5.61. The third-order valence-corrected chi connectivity index (χ3v) is 3.46. The van der Waals surface area contributed by atoms with E-state index < -0.39 is 11.7 Å². The Morgan fingerprint density at radius 2 is 1.93 bits per heavy atom. The van der Waals surface area contributed by atoms with Crippen LogP contribution in [0, 0.1) is 0 Å². The van der Waals surface area contributed by atoms with Crippen LogP contribution in [0.15, 0.2) is 48.9 Å². The highest BCUT2D eigenvalue weighted by Gasteiger charge is 2.32. The number of alkyl halides is 3. The Morgan fingerprint density at radius 1 is 1.11 bits per heavy atom. The minimum atomic E-state index is -4.49. The van der Waals surface area contributed by atoms with E-state index in [0.717, 1.165) is 17.8 Å². The van der Waals surface area contributed by atoms with Gasteiger partial charge in [0.1, 0.15) is 12.1 Å². The second kappa shape index (κ2) is 7.61. The molecule has 3 aromatic rings. The average molecular weight is 374 g/mol. The van der Waals surface area contributed by atoms with Crippen molar-refractivity contribution in [1.82, 2.24) is 19.7 Å². The number of halogens is 3. The Morgan fingerprint density at radius 3 is 2.59 bits per heavy atom. The molecule has 0 aliphatic heterocycles. The van der Waals surface area contributed by atoms with E-state index in [-0.39, 0.29) is 23.2 Å². The highest BCUT2D eigenvalue weighted by atomic mass is 19.4. The maximum Gasteiger partial charge on any atom is 0.416 e. The fourth-order valence-electron chi connectivity index (χ4n) is 2.34. The van der Waals surface area contributed by atoms with Crippen LogP contribution in [0.5, 0.6) is 5.75 Å². The van der Waals surface area contributed by atoms with E-state index in [1.54, 1.807) is 38.4 Å². The van der Waals surface area contributed by atoms with Gasteiger partial charge in [0.25, 0.3) is 0 Å². The van der Waals surface area contributed by atoms with Crippen LogP contribution in [-0.4, -0.2) is 25.9 Å². The molecule has 0 spiro atoms. The van der Waals surface area contributed by atoms with E-state index >= 15 is 0 Å². The van der Waals surface area contributed by atoms with E-state index in [0.29, 0.717) is 0 Å². The lowest BCUT2D eigenvalue weighted by molar-refractivity contribution is -0.137. The number of ether oxygens (including phenoxy) is 1. The summed E-state index contributed by atoms with van der Waals surface area (Å²) in [6, 6.07) is 8.94.